The van der Waals surface area contributed by atoms with Crippen molar-refractivity contribution in [2.75, 3.05) is 26.2 Å². The molecule has 1 aliphatic carbocycles. The highest BCUT2D eigenvalue weighted by molar-refractivity contribution is 5.79. The molecule has 2 aliphatic rings. The number of halogens is 3. The zero-order valence-corrected chi connectivity index (χ0v) is 12.0. The SMILES string of the molecule is O=C(NC(CCO)C1CC1)C1CCCN(CC(F)(F)F)C1. The van der Waals surface area contributed by atoms with E-state index in [4.69, 9.17) is 5.11 Å². The molecule has 0 radical (unpaired) electrons. The minimum absolute atomic E-state index is 0.0202. The summed E-state index contributed by atoms with van der Waals surface area (Å²) in [5, 5.41) is 11.9. The Morgan fingerprint density at radius 3 is 2.62 bits per heavy atom. The van der Waals surface area contributed by atoms with Gasteiger partial charge in [-0.05, 0) is 44.6 Å². The van der Waals surface area contributed by atoms with Crippen molar-refractivity contribution in [1.82, 2.24) is 10.2 Å². The van der Waals surface area contributed by atoms with E-state index >= 15 is 0 Å². The van der Waals surface area contributed by atoms with Gasteiger partial charge in [0.05, 0.1) is 12.5 Å². The van der Waals surface area contributed by atoms with Gasteiger partial charge in [-0.2, -0.15) is 13.2 Å². The number of piperidine rings is 1. The first-order chi connectivity index (χ1) is 9.89. The Hall–Kier alpha value is -0.820. The molecule has 2 N–H and O–H groups in total. The molecule has 4 nitrogen and oxygen atoms in total. The van der Waals surface area contributed by atoms with Crippen LogP contribution < -0.4 is 5.32 Å². The number of aliphatic hydroxyl groups is 1. The standard InChI is InChI=1S/C14H23F3N2O2/c15-14(16,17)9-19-6-1-2-11(8-19)13(21)18-12(5-7-20)10-3-4-10/h10-12,20H,1-9H2,(H,18,21). The highest BCUT2D eigenvalue weighted by atomic mass is 19.4. The van der Waals surface area contributed by atoms with Crippen LogP contribution in [-0.2, 0) is 4.79 Å². The number of carbonyl (C=O) groups is 1. The summed E-state index contributed by atoms with van der Waals surface area (Å²) in [6.45, 7) is -0.361. The van der Waals surface area contributed by atoms with Crippen LogP contribution in [0, 0.1) is 11.8 Å². The summed E-state index contributed by atoms with van der Waals surface area (Å²) in [6, 6.07) is -0.0273. The lowest BCUT2D eigenvalue weighted by Crippen LogP contribution is -2.48. The maximum Gasteiger partial charge on any atom is 0.401 e. The van der Waals surface area contributed by atoms with E-state index in [1.54, 1.807) is 0 Å². The van der Waals surface area contributed by atoms with Gasteiger partial charge < -0.3 is 10.4 Å². The molecule has 2 rings (SSSR count). The second kappa shape index (κ2) is 6.96. The quantitative estimate of drug-likeness (QED) is 0.782. The Morgan fingerprint density at radius 1 is 1.33 bits per heavy atom. The molecule has 0 aromatic rings. The fraction of sp³-hybridized carbons (Fsp3) is 0.929. The van der Waals surface area contributed by atoms with Gasteiger partial charge in [-0.25, -0.2) is 0 Å². The van der Waals surface area contributed by atoms with Gasteiger partial charge >= 0.3 is 6.18 Å². The van der Waals surface area contributed by atoms with E-state index < -0.39 is 12.7 Å². The van der Waals surface area contributed by atoms with E-state index in [2.05, 4.69) is 5.32 Å². The molecule has 21 heavy (non-hydrogen) atoms. The largest absolute Gasteiger partial charge is 0.401 e. The molecule has 1 saturated carbocycles. The topological polar surface area (TPSA) is 52.6 Å². The van der Waals surface area contributed by atoms with Crippen molar-refractivity contribution in [3.63, 3.8) is 0 Å². The first kappa shape index (κ1) is 16.5. The monoisotopic (exact) mass is 308 g/mol. The Balaban J connectivity index is 1.83. The third-order valence-electron chi connectivity index (χ3n) is 4.24. The maximum absolute atomic E-state index is 12.4. The van der Waals surface area contributed by atoms with Crippen LogP contribution in [0.4, 0.5) is 13.2 Å². The summed E-state index contributed by atoms with van der Waals surface area (Å²) in [5.74, 6) is -0.107. The van der Waals surface area contributed by atoms with Crippen LogP contribution in [0.15, 0.2) is 0 Å². The lowest BCUT2D eigenvalue weighted by Gasteiger charge is -2.33. The van der Waals surface area contributed by atoms with Gasteiger partial charge in [0.1, 0.15) is 0 Å². The second-order valence-electron chi connectivity index (χ2n) is 6.15. The predicted octanol–water partition coefficient (Wildman–Crippen LogP) is 1.54. The minimum atomic E-state index is -4.22. The zero-order chi connectivity index (χ0) is 15.5. The van der Waals surface area contributed by atoms with E-state index in [0.29, 0.717) is 31.7 Å². The average molecular weight is 308 g/mol. The number of amides is 1. The maximum atomic E-state index is 12.4. The third-order valence-corrected chi connectivity index (χ3v) is 4.24. The van der Waals surface area contributed by atoms with Crippen molar-refractivity contribution in [1.29, 1.82) is 0 Å². The molecule has 0 aromatic heterocycles. The first-order valence-electron chi connectivity index (χ1n) is 7.59. The van der Waals surface area contributed by atoms with E-state index in [1.807, 2.05) is 0 Å². The molecule has 122 valence electrons. The van der Waals surface area contributed by atoms with Crippen LogP contribution in [0.5, 0.6) is 0 Å². The van der Waals surface area contributed by atoms with Gasteiger partial charge in [0.2, 0.25) is 5.91 Å². The van der Waals surface area contributed by atoms with Crippen molar-refractivity contribution in [3.8, 4) is 0 Å². The van der Waals surface area contributed by atoms with Gasteiger partial charge in [-0.3, -0.25) is 9.69 Å². The summed E-state index contributed by atoms with van der Waals surface area (Å²) < 4.78 is 37.3. The summed E-state index contributed by atoms with van der Waals surface area (Å²) in [6.07, 6.45) is -0.341. The molecule has 0 spiro atoms. The number of nitrogens with zero attached hydrogens (tertiary/aromatic N) is 1. The van der Waals surface area contributed by atoms with Crippen LogP contribution in [0.1, 0.15) is 32.1 Å². The number of aliphatic hydroxyl groups excluding tert-OH is 1. The van der Waals surface area contributed by atoms with Crippen LogP contribution >= 0.6 is 0 Å². The fourth-order valence-electron chi connectivity index (χ4n) is 3.03. The molecule has 7 heteroatoms. The third kappa shape index (κ3) is 5.47. The van der Waals surface area contributed by atoms with Crippen LogP contribution in [-0.4, -0.2) is 54.4 Å². The summed E-state index contributed by atoms with van der Waals surface area (Å²) in [4.78, 5) is 13.5. The molecular weight excluding hydrogens is 285 g/mol. The lowest BCUT2D eigenvalue weighted by molar-refractivity contribution is -0.152. The smallest absolute Gasteiger partial charge is 0.396 e. The Labute approximate surface area is 122 Å². The Bertz CT molecular complexity index is 359. The molecule has 2 fully saturated rings. The number of hydrogen-bond acceptors (Lipinski definition) is 3. The Morgan fingerprint density at radius 2 is 2.05 bits per heavy atom. The highest BCUT2D eigenvalue weighted by Crippen LogP contribution is 2.34. The van der Waals surface area contributed by atoms with Gasteiger partial charge in [0, 0.05) is 19.2 Å². The van der Waals surface area contributed by atoms with E-state index in [1.165, 1.54) is 4.90 Å². The number of likely N-dealkylation sites (tertiary alicyclic amines) is 1. The van der Waals surface area contributed by atoms with Crippen LogP contribution in [0.3, 0.4) is 0 Å². The predicted molar refractivity (Wildman–Crippen MR) is 71.6 cm³/mol. The number of alkyl halides is 3. The van der Waals surface area contributed by atoms with Gasteiger partial charge in [0.15, 0.2) is 0 Å². The van der Waals surface area contributed by atoms with Crippen molar-refractivity contribution in [3.05, 3.63) is 0 Å². The van der Waals surface area contributed by atoms with Crippen molar-refractivity contribution < 1.29 is 23.1 Å². The summed E-state index contributed by atoms with van der Waals surface area (Å²) in [7, 11) is 0. The lowest BCUT2D eigenvalue weighted by atomic mass is 9.96. The van der Waals surface area contributed by atoms with Crippen molar-refractivity contribution >= 4 is 5.91 Å². The molecule has 0 bridgehead atoms. The normalized spacial score (nSPS) is 25.6. The van der Waals surface area contributed by atoms with E-state index in [0.717, 1.165) is 12.8 Å². The number of rotatable bonds is 6. The van der Waals surface area contributed by atoms with E-state index in [-0.39, 0.29) is 31.0 Å². The Kier molecular flexibility index (Phi) is 5.48. The molecule has 1 saturated heterocycles. The molecule has 2 unspecified atom stereocenters. The molecule has 1 heterocycles. The fourth-order valence-corrected chi connectivity index (χ4v) is 3.03. The average Bonchev–Trinajstić information content (AvgIpc) is 3.20. The van der Waals surface area contributed by atoms with Crippen LogP contribution in [0.25, 0.3) is 0 Å². The molecule has 2 atom stereocenters. The summed E-state index contributed by atoms with van der Waals surface area (Å²) in [5.41, 5.74) is 0. The van der Waals surface area contributed by atoms with Gasteiger partial charge in [-0.1, -0.05) is 0 Å². The van der Waals surface area contributed by atoms with E-state index in [9.17, 15) is 18.0 Å². The van der Waals surface area contributed by atoms with Gasteiger partial charge in [-0.15, -0.1) is 0 Å². The number of carbonyl (C=O) groups excluding carboxylic acids is 1. The number of nitrogens with one attached hydrogen (secondary N) is 1. The minimum Gasteiger partial charge on any atom is -0.396 e. The zero-order valence-electron chi connectivity index (χ0n) is 12.0. The number of hydrogen-bond donors (Lipinski definition) is 2. The van der Waals surface area contributed by atoms with Crippen molar-refractivity contribution in [2.24, 2.45) is 11.8 Å². The van der Waals surface area contributed by atoms with Crippen LogP contribution in [0.2, 0.25) is 0 Å². The molecule has 0 aromatic carbocycles. The molecular formula is C14H23F3N2O2. The summed E-state index contributed by atoms with van der Waals surface area (Å²) >= 11 is 0. The molecule has 1 amide bonds. The highest BCUT2D eigenvalue weighted by Gasteiger charge is 2.37. The van der Waals surface area contributed by atoms with Gasteiger partial charge in [0.25, 0.3) is 0 Å². The molecule has 1 aliphatic heterocycles. The van der Waals surface area contributed by atoms with Crippen molar-refractivity contribution in [2.45, 2.75) is 44.3 Å². The first-order valence-corrected chi connectivity index (χ1v) is 7.59. The second-order valence-corrected chi connectivity index (χ2v) is 6.15.